The zero-order valence-corrected chi connectivity index (χ0v) is 15.8. The Morgan fingerprint density at radius 1 is 0.800 bits per heavy atom. The molecule has 0 bridgehead atoms. The van der Waals surface area contributed by atoms with E-state index in [1.54, 1.807) is 0 Å². The number of nitrogens with zero attached hydrogens (tertiary/aromatic N) is 1. The highest BCUT2D eigenvalue weighted by molar-refractivity contribution is 6.02. The van der Waals surface area contributed by atoms with Gasteiger partial charge in [0, 0.05) is 11.1 Å². The van der Waals surface area contributed by atoms with Gasteiger partial charge in [-0.05, 0) is 29.1 Å². The summed E-state index contributed by atoms with van der Waals surface area (Å²) in [4.78, 5) is 18.5. The van der Waals surface area contributed by atoms with Gasteiger partial charge in [0.15, 0.2) is 0 Å². The zero-order valence-electron chi connectivity index (χ0n) is 15.8. The molecule has 0 N–H and O–H groups in total. The van der Waals surface area contributed by atoms with Crippen LogP contribution < -0.4 is 15.1 Å². The molecule has 0 aliphatic heterocycles. The largest absolute Gasteiger partial charge is 0.573 e. The van der Waals surface area contributed by atoms with Gasteiger partial charge >= 0.3 is 6.36 Å². The van der Waals surface area contributed by atoms with Crippen molar-refractivity contribution in [1.29, 1.82) is 0 Å². The summed E-state index contributed by atoms with van der Waals surface area (Å²) in [5.74, 6) is -0.471. The van der Waals surface area contributed by atoms with E-state index in [0.29, 0.717) is 16.6 Å². The molecule has 0 saturated carbocycles. The fourth-order valence-corrected chi connectivity index (χ4v) is 3.48. The molecule has 0 atom stereocenters. The first-order chi connectivity index (χ1) is 14.4. The standard InChI is InChI=1S/C23H16F3NO3/c1-29-27-21(16-10-6-3-7-11-16)20(15-8-4-2-5-9-15)18-13-12-17(30-23(24,25)26)14-19(18)22(27)28/h2-14H,1H3. The maximum atomic E-state index is 13.2. The van der Waals surface area contributed by atoms with E-state index < -0.39 is 17.7 Å². The predicted molar refractivity (Wildman–Crippen MR) is 108 cm³/mol. The number of halogens is 3. The third-order valence-electron chi connectivity index (χ3n) is 4.64. The highest BCUT2D eigenvalue weighted by Crippen LogP contribution is 2.37. The van der Waals surface area contributed by atoms with Crippen LogP contribution in [0, 0.1) is 0 Å². The summed E-state index contributed by atoms with van der Waals surface area (Å²) >= 11 is 0. The Bertz CT molecular complexity index is 1250. The van der Waals surface area contributed by atoms with E-state index in [-0.39, 0.29) is 5.39 Å². The number of rotatable bonds is 4. The summed E-state index contributed by atoms with van der Waals surface area (Å²) in [5, 5.41) is 0.546. The van der Waals surface area contributed by atoms with Gasteiger partial charge in [0.2, 0.25) is 0 Å². The second-order valence-electron chi connectivity index (χ2n) is 6.49. The molecule has 0 radical (unpaired) electrons. The second-order valence-corrected chi connectivity index (χ2v) is 6.49. The maximum absolute atomic E-state index is 13.2. The van der Waals surface area contributed by atoms with E-state index in [1.165, 1.54) is 19.2 Å². The van der Waals surface area contributed by atoms with Gasteiger partial charge in [-0.2, -0.15) is 0 Å². The molecule has 7 heteroatoms. The lowest BCUT2D eigenvalue weighted by molar-refractivity contribution is -0.274. The van der Waals surface area contributed by atoms with Crippen molar-refractivity contribution in [3.8, 4) is 28.1 Å². The lowest BCUT2D eigenvalue weighted by Crippen LogP contribution is -2.27. The molecule has 152 valence electrons. The van der Waals surface area contributed by atoms with Crippen LogP contribution in [0.1, 0.15) is 0 Å². The highest BCUT2D eigenvalue weighted by Gasteiger charge is 2.31. The van der Waals surface area contributed by atoms with Crippen LogP contribution in [0.5, 0.6) is 5.75 Å². The Morgan fingerprint density at radius 3 is 1.97 bits per heavy atom. The third kappa shape index (κ3) is 3.61. The summed E-state index contributed by atoms with van der Waals surface area (Å²) in [6.45, 7) is 0. The van der Waals surface area contributed by atoms with Crippen molar-refractivity contribution in [3.05, 3.63) is 89.2 Å². The Kier molecular flexibility index (Phi) is 4.95. The monoisotopic (exact) mass is 411 g/mol. The zero-order chi connectivity index (χ0) is 21.3. The number of hydrogen-bond donors (Lipinski definition) is 0. The summed E-state index contributed by atoms with van der Waals surface area (Å²) in [6, 6.07) is 22.2. The van der Waals surface area contributed by atoms with Crippen LogP contribution in [0.2, 0.25) is 0 Å². The fourth-order valence-electron chi connectivity index (χ4n) is 3.48. The normalized spacial score (nSPS) is 11.5. The minimum atomic E-state index is -4.86. The number of ether oxygens (including phenoxy) is 1. The molecule has 0 spiro atoms. The molecule has 0 saturated heterocycles. The van der Waals surface area contributed by atoms with Crippen LogP contribution in [0.4, 0.5) is 13.2 Å². The van der Waals surface area contributed by atoms with E-state index in [9.17, 15) is 18.0 Å². The van der Waals surface area contributed by atoms with Crippen molar-refractivity contribution >= 4 is 10.8 Å². The van der Waals surface area contributed by atoms with Crippen molar-refractivity contribution in [2.24, 2.45) is 0 Å². The highest BCUT2D eigenvalue weighted by atomic mass is 19.4. The van der Waals surface area contributed by atoms with Crippen LogP contribution in [0.3, 0.4) is 0 Å². The van der Waals surface area contributed by atoms with E-state index in [1.807, 2.05) is 60.7 Å². The summed E-state index contributed by atoms with van der Waals surface area (Å²) < 4.78 is 43.2. The molecule has 0 aliphatic rings. The van der Waals surface area contributed by atoms with Crippen molar-refractivity contribution in [2.75, 3.05) is 7.11 Å². The predicted octanol–water partition coefficient (Wildman–Crippen LogP) is 5.29. The molecular weight excluding hydrogens is 395 g/mol. The number of benzene rings is 3. The number of hydrogen-bond acceptors (Lipinski definition) is 3. The second kappa shape index (κ2) is 7.59. The Labute approximate surface area is 169 Å². The van der Waals surface area contributed by atoms with Crippen LogP contribution >= 0.6 is 0 Å². The van der Waals surface area contributed by atoms with Crippen molar-refractivity contribution < 1.29 is 22.7 Å². The van der Waals surface area contributed by atoms with Gasteiger partial charge in [0.1, 0.15) is 12.9 Å². The van der Waals surface area contributed by atoms with Crippen LogP contribution in [-0.4, -0.2) is 18.2 Å². The van der Waals surface area contributed by atoms with E-state index >= 15 is 0 Å². The SMILES string of the molecule is COn1c(-c2ccccc2)c(-c2ccccc2)c2ccc(OC(F)(F)F)cc2c1=O. The average molecular weight is 411 g/mol. The van der Waals surface area contributed by atoms with Gasteiger partial charge < -0.3 is 9.57 Å². The van der Waals surface area contributed by atoms with Crippen LogP contribution in [-0.2, 0) is 0 Å². The molecule has 3 aromatic carbocycles. The van der Waals surface area contributed by atoms with Gasteiger partial charge in [-0.1, -0.05) is 60.7 Å². The Balaban J connectivity index is 2.12. The lowest BCUT2D eigenvalue weighted by Gasteiger charge is -2.19. The topological polar surface area (TPSA) is 40.5 Å². The van der Waals surface area contributed by atoms with Crippen molar-refractivity contribution in [1.82, 2.24) is 4.73 Å². The van der Waals surface area contributed by atoms with Gasteiger partial charge in [-0.15, -0.1) is 17.9 Å². The van der Waals surface area contributed by atoms with E-state index in [0.717, 1.165) is 21.9 Å². The van der Waals surface area contributed by atoms with Gasteiger partial charge in [-0.3, -0.25) is 4.79 Å². The van der Waals surface area contributed by atoms with Crippen LogP contribution in [0.15, 0.2) is 83.7 Å². The molecule has 1 heterocycles. The summed E-state index contributed by atoms with van der Waals surface area (Å²) in [7, 11) is 1.34. The first-order valence-electron chi connectivity index (χ1n) is 9.03. The molecule has 1 aromatic heterocycles. The summed E-state index contributed by atoms with van der Waals surface area (Å²) in [5.41, 5.74) is 2.10. The Morgan fingerprint density at radius 2 is 1.40 bits per heavy atom. The molecule has 4 rings (SSSR count). The molecule has 4 aromatic rings. The number of alkyl halides is 3. The smallest absolute Gasteiger partial charge is 0.413 e. The number of aromatic nitrogens is 1. The minimum Gasteiger partial charge on any atom is -0.413 e. The van der Waals surface area contributed by atoms with E-state index in [2.05, 4.69) is 4.74 Å². The quantitative estimate of drug-likeness (QED) is 0.458. The van der Waals surface area contributed by atoms with Crippen LogP contribution in [0.25, 0.3) is 33.2 Å². The van der Waals surface area contributed by atoms with Gasteiger partial charge in [0.05, 0.1) is 11.1 Å². The minimum absolute atomic E-state index is 0.0529. The molecule has 4 nitrogen and oxygen atoms in total. The molecule has 0 fully saturated rings. The molecular formula is C23H16F3NO3. The van der Waals surface area contributed by atoms with E-state index in [4.69, 9.17) is 4.84 Å². The van der Waals surface area contributed by atoms with Crippen molar-refractivity contribution in [2.45, 2.75) is 6.36 Å². The first kappa shape index (κ1) is 19.6. The molecule has 0 unspecified atom stereocenters. The molecule has 0 amide bonds. The molecule has 0 aliphatic carbocycles. The molecule has 30 heavy (non-hydrogen) atoms. The number of fused-ring (bicyclic) bond motifs is 1. The summed E-state index contributed by atoms with van der Waals surface area (Å²) in [6.07, 6.45) is -4.86. The Hall–Kier alpha value is -3.74. The first-order valence-corrected chi connectivity index (χ1v) is 9.03. The fraction of sp³-hybridized carbons (Fsp3) is 0.0870. The lowest BCUT2D eigenvalue weighted by atomic mass is 9.94. The number of pyridine rings is 1. The van der Waals surface area contributed by atoms with Gasteiger partial charge in [-0.25, -0.2) is 0 Å². The maximum Gasteiger partial charge on any atom is 0.573 e. The third-order valence-corrected chi connectivity index (χ3v) is 4.64. The van der Waals surface area contributed by atoms with Gasteiger partial charge in [0.25, 0.3) is 5.56 Å². The average Bonchev–Trinajstić information content (AvgIpc) is 2.74. The van der Waals surface area contributed by atoms with Crippen molar-refractivity contribution in [3.63, 3.8) is 0 Å².